The Morgan fingerprint density at radius 2 is 2.16 bits per heavy atom. The van der Waals surface area contributed by atoms with Crippen molar-refractivity contribution < 1.29 is 4.79 Å². The van der Waals surface area contributed by atoms with Gasteiger partial charge < -0.3 is 14.8 Å². The van der Waals surface area contributed by atoms with E-state index in [1.807, 2.05) is 43.6 Å². The highest BCUT2D eigenvalue weighted by Gasteiger charge is 2.36. The second kappa shape index (κ2) is 7.18. The molecule has 1 N–H and O–H groups in total. The van der Waals surface area contributed by atoms with Crippen LogP contribution in [0.5, 0.6) is 0 Å². The molecule has 2 aromatic heterocycles. The van der Waals surface area contributed by atoms with Crippen LogP contribution in [0.15, 0.2) is 30.4 Å². The van der Waals surface area contributed by atoms with Gasteiger partial charge in [-0.1, -0.05) is 10.8 Å². The normalized spacial score (nSPS) is 20.1. The summed E-state index contributed by atoms with van der Waals surface area (Å²) < 4.78 is 3.70. The highest BCUT2D eigenvalue weighted by Crippen LogP contribution is 2.27. The summed E-state index contributed by atoms with van der Waals surface area (Å²) in [5.74, 6) is 0.226. The lowest BCUT2D eigenvalue weighted by Crippen LogP contribution is -2.36. The van der Waals surface area contributed by atoms with E-state index < -0.39 is 0 Å². The number of aryl methyl sites for hydroxylation is 2. The van der Waals surface area contributed by atoms with Gasteiger partial charge in [0.25, 0.3) is 0 Å². The van der Waals surface area contributed by atoms with Gasteiger partial charge in [-0.2, -0.15) is 0 Å². The smallest absolute Gasteiger partial charge is 0.246 e. The number of carbonyl (C=O) groups excluding carboxylic acids is 1. The van der Waals surface area contributed by atoms with Crippen molar-refractivity contribution in [1.29, 1.82) is 0 Å². The molecular formula is C17H25N7O. The Bertz CT molecular complexity index is 772. The van der Waals surface area contributed by atoms with Crippen molar-refractivity contribution in [2.75, 3.05) is 13.1 Å². The van der Waals surface area contributed by atoms with Crippen LogP contribution in [0.1, 0.15) is 31.2 Å². The van der Waals surface area contributed by atoms with Gasteiger partial charge in [0.1, 0.15) is 0 Å². The summed E-state index contributed by atoms with van der Waals surface area (Å²) in [6.45, 7) is 5.86. The molecule has 8 nitrogen and oxygen atoms in total. The number of nitrogens with one attached hydrogen (secondary N) is 1. The molecule has 8 heteroatoms. The van der Waals surface area contributed by atoms with Crippen LogP contribution in [0.2, 0.25) is 0 Å². The average molecular weight is 343 g/mol. The first-order chi connectivity index (χ1) is 11.9. The minimum absolute atomic E-state index is 0.0624. The lowest BCUT2D eigenvalue weighted by Gasteiger charge is -2.18. The fourth-order valence-electron chi connectivity index (χ4n) is 3.16. The largest absolute Gasteiger partial charge is 0.340 e. The molecule has 0 saturated carbocycles. The highest BCUT2D eigenvalue weighted by atomic mass is 16.2. The van der Waals surface area contributed by atoms with E-state index in [9.17, 15) is 4.79 Å². The Morgan fingerprint density at radius 3 is 2.76 bits per heavy atom. The highest BCUT2D eigenvalue weighted by molar-refractivity contribution is 5.88. The van der Waals surface area contributed by atoms with E-state index >= 15 is 0 Å². The van der Waals surface area contributed by atoms with Crippen LogP contribution < -0.4 is 5.32 Å². The molecule has 2 atom stereocenters. The second-order valence-corrected chi connectivity index (χ2v) is 6.87. The molecule has 0 unspecified atom stereocenters. The number of rotatable bonds is 5. The van der Waals surface area contributed by atoms with E-state index in [1.54, 1.807) is 23.3 Å². The number of hydrogen-bond acceptors (Lipinski definition) is 5. The number of allylic oxidation sites excluding steroid dienone is 1. The topological polar surface area (TPSA) is 80.9 Å². The predicted octanol–water partition coefficient (Wildman–Crippen LogP) is 0.599. The van der Waals surface area contributed by atoms with Crippen LogP contribution in [0.3, 0.4) is 0 Å². The lowest BCUT2D eigenvalue weighted by atomic mass is 10.0. The minimum Gasteiger partial charge on any atom is -0.340 e. The molecule has 2 aromatic rings. The Labute approximate surface area is 147 Å². The first-order valence-corrected chi connectivity index (χ1v) is 8.42. The molecule has 1 amide bonds. The van der Waals surface area contributed by atoms with Crippen LogP contribution in [0.4, 0.5) is 0 Å². The maximum absolute atomic E-state index is 12.4. The Hall–Kier alpha value is -2.48. The standard InChI is InChI=1S/C17H25N7O/c1-12(2)5-17(25)24-8-14(15-9-22(3)11-19-15)16(10-24)18-6-13-7-20-21-23(13)4/h5,7,9,11,14,16,18H,6,8,10H2,1-4H3/t14-,16+/m0/s1. The summed E-state index contributed by atoms with van der Waals surface area (Å²) in [5.41, 5.74) is 3.03. The van der Waals surface area contributed by atoms with E-state index in [1.165, 1.54) is 0 Å². The molecule has 0 bridgehead atoms. The number of hydrogen-bond donors (Lipinski definition) is 1. The SMILES string of the molecule is CC(C)=CC(=O)N1C[C@@H](NCc2cnnn2C)[C@H](c2cn(C)cn2)C1. The number of amides is 1. The van der Waals surface area contributed by atoms with Crippen molar-refractivity contribution in [3.05, 3.63) is 41.8 Å². The number of carbonyl (C=O) groups is 1. The van der Waals surface area contributed by atoms with Crippen LogP contribution in [-0.4, -0.2) is 54.5 Å². The van der Waals surface area contributed by atoms with Gasteiger partial charge in [0.05, 0.1) is 23.9 Å². The zero-order valence-electron chi connectivity index (χ0n) is 15.2. The van der Waals surface area contributed by atoms with E-state index in [-0.39, 0.29) is 17.9 Å². The monoisotopic (exact) mass is 343 g/mol. The molecule has 3 heterocycles. The van der Waals surface area contributed by atoms with Gasteiger partial charge in [-0.3, -0.25) is 9.48 Å². The number of likely N-dealkylation sites (tertiary alicyclic amines) is 1. The summed E-state index contributed by atoms with van der Waals surface area (Å²) >= 11 is 0. The summed E-state index contributed by atoms with van der Waals surface area (Å²) in [4.78, 5) is 18.8. The molecule has 1 aliphatic rings. The van der Waals surface area contributed by atoms with Gasteiger partial charge in [0, 0.05) is 58.0 Å². The van der Waals surface area contributed by atoms with E-state index in [2.05, 4.69) is 20.6 Å². The summed E-state index contributed by atoms with van der Waals surface area (Å²) in [7, 11) is 3.83. The molecule has 0 aliphatic carbocycles. The first-order valence-electron chi connectivity index (χ1n) is 8.42. The molecular weight excluding hydrogens is 318 g/mol. The average Bonchev–Trinajstić information content (AvgIpc) is 3.24. The maximum atomic E-state index is 12.4. The molecule has 1 aliphatic heterocycles. The van der Waals surface area contributed by atoms with E-state index in [4.69, 9.17) is 0 Å². The Kier molecular flexibility index (Phi) is 4.98. The summed E-state index contributed by atoms with van der Waals surface area (Å²) in [5, 5.41) is 11.4. The molecule has 0 spiro atoms. The quantitative estimate of drug-likeness (QED) is 0.804. The molecule has 1 fully saturated rings. The number of imidazole rings is 1. The van der Waals surface area contributed by atoms with Crippen molar-refractivity contribution in [3.8, 4) is 0 Å². The third-order valence-electron chi connectivity index (χ3n) is 4.50. The van der Waals surface area contributed by atoms with Gasteiger partial charge in [0.2, 0.25) is 5.91 Å². The van der Waals surface area contributed by atoms with Crippen molar-refractivity contribution in [1.82, 2.24) is 34.8 Å². The first kappa shape index (κ1) is 17.3. The van der Waals surface area contributed by atoms with Gasteiger partial charge in [0.15, 0.2) is 0 Å². The number of nitrogens with zero attached hydrogens (tertiary/aromatic N) is 6. The summed E-state index contributed by atoms with van der Waals surface area (Å²) in [6, 6.07) is 0.138. The fraction of sp³-hybridized carbons (Fsp3) is 0.529. The maximum Gasteiger partial charge on any atom is 0.246 e. The predicted molar refractivity (Wildman–Crippen MR) is 93.6 cm³/mol. The number of aromatic nitrogens is 5. The summed E-state index contributed by atoms with van der Waals surface area (Å²) in [6.07, 6.45) is 7.28. The van der Waals surface area contributed by atoms with Gasteiger partial charge in [-0.15, -0.1) is 5.10 Å². The van der Waals surface area contributed by atoms with Gasteiger partial charge in [-0.25, -0.2) is 4.98 Å². The molecule has 3 rings (SSSR count). The minimum atomic E-state index is 0.0624. The zero-order valence-corrected chi connectivity index (χ0v) is 15.2. The van der Waals surface area contributed by atoms with Crippen LogP contribution in [0.25, 0.3) is 0 Å². The lowest BCUT2D eigenvalue weighted by molar-refractivity contribution is -0.125. The van der Waals surface area contributed by atoms with Gasteiger partial charge >= 0.3 is 0 Å². The molecule has 25 heavy (non-hydrogen) atoms. The van der Waals surface area contributed by atoms with Crippen molar-refractivity contribution in [3.63, 3.8) is 0 Å². The Balaban J connectivity index is 1.75. The molecule has 0 radical (unpaired) electrons. The van der Waals surface area contributed by atoms with Crippen molar-refractivity contribution in [2.45, 2.75) is 32.4 Å². The zero-order chi connectivity index (χ0) is 18.0. The van der Waals surface area contributed by atoms with E-state index in [0.717, 1.165) is 17.0 Å². The second-order valence-electron chi connectivity index (χ2n) is 6.87. The fourth-order valence-corrected chi connectivity index (χ4v) is 3.16. The third-order valence-corrected chi connectivity index (χ3v) is 4.50. The van der Waals surface area contributed by atoms with Crippen LogP contribution in [-0.2, 0) is 25.4 Å². The Morgan fingerprint density at radius 1 is 1.36 bits per heavy atom. The molecule has 134 valence electrons. The third kappa shape index (κ3) is 3.96. The molecule has 1 saturated heterocycles. The van der Waals surface area contributed by atoms with Crippen LogP contribution >= 0.6 is 0 Å². The van der Waals surface area contributed by atoms with Crippen molar-refractivity contribution >= 4 is 5.91 Å². The van der Waals surface area contributed by atoms with Crippen molar-refractivity contribution in [2.24, 2.45) is 14.1 Å². The van der Waals surface area contributed by atoms with E-state index in [0.29, 0.717) is 19.6 Å². The van der Waals surface area contributed by atoms with Gasteiger partial charge in [-0.05, 0) is 13.8 Å². The molecule has 0 aromatic carbocycles. The van der Waals surface area contributed by atoms with Crippen LogP contribution in [0, 0.1) is 0 Å².